The number of hydrogen-bond acceptors (Lipinski definition) is 3. The fourth-order valence-corrected chi connectivity index (χ4v) is 3.93. The monoisotopic (exact) mass is 380 g/mol. The third-order valence-corrected chi connectivity index (χ3v) is 5.84. The highest BCUT2D eigenvalue weighted by Crippen LogP contribution is 2.39. The van der Waals surface area contributed by atoms with Gasteiger partial charge >= 0.3 is 0 Å². The molecule has 146 valence electrons. The van der Waals surface area contributed by atoms with Gasteiger partial charge in [-0.2, -0.15) is 0 Å². The number of fused-ring (bicyclic) bond motifs is 1. The van der Waals surface area contributed by atoms with Crippen molar-refractivity contribution in [2.75, 3.05) is 33.2 Å². The Balaban J connectivity index is 1.60. The highest BCUT2D eigenvalue weighted by Gasteiger charge is 2.33. The first-order valence-electron chi connectivity index (χ1n) is 10.1. The average molecular weight is 380 g/mol. The Morgan fingerprint density at radius 1 is 1.07 bits per heavy atom. The molecule has 0 aliphatic carbocycles. The number of hydrogen-bond donors (Lipinski definition) is 3. The van der Waals surface area contributed by atoms with Crippen LogP contribution >= 0.6 is 0 Å². The average Bonchev–Trinajstić information content (AvgIpc) is 3.02. The number of carbonyl (C=O) groups excluding carboxylic acids is 1. The van der Waals surface area contributed by atoms with E-state index in [1.54, 1.807) is 18.2 Å². The summed E-state index contributed by atoms with van der Waals surface area (Å²) in [5.74, 6) is 0.941. The molecule has 3 N–H and O–H groups in total. The first kappa shape index (κ1) is 18.7. The third-order valence-electron chi connectivity index (χ3n) is 5.84. The summed E-state index contributed by atoms with van der Waals surface area (Å²) in [4.78, 5) is 15.8. The second-order valence-electron chi connectivity index (χ2n) is 7.86. The molecule has 2 aliphatic rings. The number of ether oxygens (including phenoxy) is 1. The van der Waals surface area contributed by atoms with Gasteiger partial charge < -0.3 is 19.6 Å². The summed E-state index contributed by atoms with van der Waals surface area (Å²) >= 11 is 0. The van der Waals surface area contributed by atoms with E-state index in [1.165, 1.54) is 15.4 Å². The largest absolute Gasteiger partial charge is 0.507 e. The molecule has 0 bridgehead atoms. The molecule has 2 heterocycles. The Bertz CT molecular complexity index is 910. The Labute approximate surface area is 165 Å². The predicted octanol–water partition coefficient (Wildman–Crippen LogP) is 0.484. The first-order valence-corrected chi connectivity index (χ1v) is 10.1. The summed E-state index contributed by atoms with van der Waals surface area (Å²) in [6.07, 6.45) is 2.77. The normalized spacial score (nSPS) is 22.9. The molecule has 28 heavy (non-hydrogen) atoms. The second-order valence-corrected chi connectivity index (χ2v) is 7.86. The lowest BCUT2D eigenvalue weighted by atomic mass is 10.0. The van der Waals surface area contributed by atoms with Gasteiger partial charge in [0, 0.05) is 0 Å². The number of phenolic OH excluding ortho intramolecular Hbond substituents is 1. The van der Waals surface area contributed by atoms with Crippen molar-refractivity contribution in [1.29, 1.82) is 0 Å². The van der Waals surface area contributed by atoms with Crippen molar-refractivity contribution < 1.29 is 24.4 Å². The molecule has 0 amide bonds. The van der Waals surface area contributed by atoms with E-state index >= 15 is 0 Å². The van der Waals surface area contributed by atoms with Crippen LogP contribution in [0, 0.1) is 0 Å². The van der Waals surface area contributed by atoms with Crippen LogP contribution in [0.5, 0.6) is 11.5 Å². The predicted molar refractivity (Wildman–Crippen MR) is 108 cm³/mol. The fourth-order valence-electron chi connectivity index (χ4n) is 3.93. The van der Waals surface area contributed by atoms with Gasteiger partial charge in [-0.05, 0) is 35.8 Å². The van der Waals surface area contributed by atoms with Gasteiger partial charge in [0.15, 0.2) is 11.5 Å². The number of benzene rings is 2. The number of piperazine rings is 1. The van der Waals surface area contributed by atoms with Crippen LogP contribution in [0.2, 0.25) is 0 Å². The van der Waals surface area contributed by atoms with Gasteiger partial charge in [0.05, 0.1) is 18.2 Å². The maximum absolute atomic E-state index is 12.8. The maximum Gasteiger partial charge on any atom is 0.231 e. The molecule has 2 aliphatic heterocycles. The number of nitrogens with one attached hydrogen (secondary N) is 2. The van der Waals surface area contributed by atoms with Crippen LogP contribution in [0.4, 0.5) is 0 Å². The SMILES string of the molecule is CCc1ccc(/C=C2\Oc3c(ccc(O)c3C[NH+]3CC[NH+](C)CC3)C2=O)cc1. The Morgan fingerprint density at radius 3 is 2.46 bits per heavy atom. The zero-order valence-corrected chi connectivity index (χ0v) is 16.5. The van der Waals surface area contributed by atoms with Gasteiger partial charge in [-0.1, -0.05) is 31.2 Å². The molecule has 2 aromatic carbocycles. The van der Waals surface area contributed by atoms with Crippen LogP contribution in [-0.2, 0) is 13.0 Å². The number of carbonyl (C=O) groups is 1. The minimum absolute atomic E-state index is 0.117. The second kappa shape index (κ2) is 7.78. The zero-order valence-electron chi connectivity index (χ0n) is 16.5. The van der Waals surface area contributed by atoms with Crippen LogP contribution in [0.25, 0.3) is 6.08 Å². The Morgan fingerprint density at radius 2 is 1.79 bits per heavy atom. The van der Waals surface area contributed by atoms with Crippen LogP contribution < -0.4 is 14.5 Å². The first-order chi connectivity index (χ1) is 13.5. The molecule has 0 radical (unpaired) electrons. The van der Waals surface area contributed by atoms with Crippen LogP contribution in [0.3, 0.4) is 0 Å². The number of allylic oxidation sites excluding steroid dienone is 1. The van der Waals surface area contributed by atoms with E-state index in [0.29, 0.717) is 23.6 Å². The highest BCUT2D eigenvalue weighted by molar-refractivity contribution is 6.14. The molecule has 5 nitrogen and oxygen atoms in total. The Kier molecular flexibility index (Phi) is 5.20. The van der Waals surface area contributed by atoms with E-state index in [4.69, 9.17) is 4.74 Å². The van der Waals surface area contributed by atoms with Crippen LogP contribution in [0.1, 0.15) is 34.0 Å². The number of likely N-dealkylation sites (N-methyl/N-ethyl adjacent to an activating group) is 1. The lowest BCUT2D eigenvalue weighted by molar-refractivity contribution is -1.01. The lowest BCUT2D eigenvalue weighted by Crippen LogP contribution is -3.26. The molecule has 0 spiro atoms. The van der Waals surface area contributed by atoms with Crippen LogP contribution in [-0.4, -0.2) is 44.1 Å². The summed E-state index contributed by atoms with van der Waals surface area (Å²) in [6, 6.07) is 11.4. The Hall–Kier alpha value is -2.63. The minimum atomic E-state index is -0.117. The summed E-state index contributed by atoms with van der Waals surface area (Å²) in [6.45, 7) is 7.12. The van der Waals surface area contributed by atoms with Gasteiger partial charge in [0.1, 0.15) is 38.5 Å². The van der Waals surface area contributed by atoms with E-state index in [-0.39, 0.29) is 11.5 Å². The molecular formula is C23H28N2O3+2. The highest BCUT2D eigenvalue weighted by atomic mass is 16.5. The molecule has 2 aromatic rings. The van der Waals surface area contributed by atoms with Gasteiger partial charge in [0.25, 0.3) is 0 Å². The van der Waals surface area contributed by atoms with E-state index in [9.17, 15) is 9.90 Å². The zero-order chi connectivity index (χ0) is 19.7. The molecular weight excluding hydrogens is 352 g/mol. The van der Waals surface area contributed by atoms with Gasteiger partial charge in [-0.25, -0.2) is 0 Å². The number of ketones is 1. The van der Waals surface area contributed by atoms with Crippen LogP contribution in [0.15, 0.2) is 42.2 Å². The number of quaternary nitrogens is 2. The maximum atomic E-state index is 12.8. The molecule has 0 atom stereocenters. The minimum Gasteiger partial charge on any atom is -0.507 e. The molecule has 5 heteroatoms. The number of aromatic hydroxyl groups is 1. The number of Topliss-reactive ketones (excluding diaryl/α,β-unsaturated/α-hetero) is 1. The summed E-state index contributed by atoms with van der Waals surface area (Å²) in [7, 11) is 2.21. The van der Waals surface area contributed by atoms with E-state index in [0.717, 1.165) is 43.7 Å². The fraction of sp³-hybridized carbons (Fsp3) is 0.348. The van der Waals surface area contributed by atoms with Crippen molar-refractivity contribution in [2.24, 2.45) is 0 Å². The van der Waals surface area contributed by atoms with E-state index in [2.05, 4.69) is 26.1 Å². The van der Waals surface area contributed by atoms with Crippen molar-refractivity contribution >= 4 is 11.9 Å². The van der Waals surface area contributed by atoms with Crippen molar-refractivity contribution in [3.05, 3.63) is 64.4 Å². The van der Waals surface area contributed by atoms with Crippen molar-refractivity contribution in [2.45, 2.75) is 19.9 Å². The van der Waals surface area contributed by atoms with Crippen molar-refractivity contribution in [1.82, 2.24) is 0 Å². The van der Waals surface area contributed by atoms with E-state index < -0.39 is 0 Å². The molecule has 4 rings (SSSR count). The topological polar surface area (TPSA) is 55.4 Å². The summed E-state index contributed by atoms with van der Waals surface area (Å²) in [5.41, 5.74) is 3.48. The van der Waals surface area contributed by atoms with E-state index in [1.807, 2.05) is 12.1 Å². The van der Waals surface area contributed by atoms with Crippen molar-refractivity contribution in [3.8, 4) is 11.5 Å². The number of aryl methyl sites for hydroxylation is 1. The molecule has 0 unspecified atom stereocenters. The van der Waals surface area contributed by atoms with Gasteiger partial charge in [0.2, 0.25) is 5.78 Å². The molecule has 0 aromatic heterocycles. The van der Waals surface area contributed by atoms with Crippen molar-refractivity contribution in [3.63, 3.8) is 0 Å². The summed E-state index contributed by atoms with van der Waals surface area (Å²) < 4.78 is 5.99. The standard InChI is InChI=1S/C23H26N2O3/c1-3-16-4-6-17(7-5-16)14-21-22(27)18-8-9-20(26)19(23(18)28-21)15-25-12-10-24(2)11-13-25/h4-9,14,26H,3,10-13,15H2,1-2H3/p+2/b21-14-. The molecule has 0 saturated carbocycles. The molecule has 1 saturated heterocycles. The third kappa shape index (κ3) is 3.68. The number of rotatable bonds is 4. The summed E-state index contributed by atoms with van der Waals surface area (Å²) in [5, 5.41) is 10.4. The lowest BCUT2D eigenvalue weighted by Gasteiger charge is -2.27. The van der Waals surface area contributed by atoms with Gasteiger partial charge in [-0.15, -0.1) is 0 Å². The number of phenols is 1. The molecule has 1 fully saturated rings. The van der Waals surface area contributed by atoms with Gasteiger partial charge in [-0.3, -0.25) is 4.79 Å². The smallest absolute Gasteiger partial charge is 0.231 e. The quantitative estimate of drug-likeness (QED) is 0.677.